The lowest BCUT2D eigenvalue weighted by molar-refractivity contribution is 0.0991. The minimum absolute atomic E-state index is 0.158. The third-order valence-corrected chi connectivity index (χ3v) is 4.06. The third kappa shape index (κ3) is 1.51. The number of carbonyl (C=O) groups excluding carboxylic acids is 1. The predicted molar refractivity (Wildman–Crippen MR) is 77.4 cm³/mol. The summed E-state index contributed by atoms with van der Waals surface area (Å²) in [6.45, 7) is 0. The maximum absolute atomic E-state index is 12.2. The molecule has 0 saturated carbocycles. The molecule has 1 aliphatic rings. The van der Waals surface area contributed by atoms with Gasteiger partial charge in [-0.25, -0.2) is 0 Å². The fourth-order valence-electron chi connectivity index (χ4n) is 2.69. The van der Waals surface area contributed by atoms with Crippen molar-refractivity contribution in [1.29, 1.82) is 0 Å². The van der Waals surface area contributed by atoms with E-state index in [4.69, 9.17) is 4.42 Å². The molecule has 92 valence electrons. The molecule has 0 N–H and O–H groups in total. The highest BCUT2D eigenvalue weighted by Gasteiger charge is 2.27. The summed E-state index contributed by atoms with van der Waals surface area (Å²) in [5, 5.41) is 1.02. The van der Waals surface area contributed by atoms with Crippen LogP contribution in [0, 0.1) is 0 Å². The molecule has 3 aromatic rings. The highest BCUT2D eigenvalue weighted by atomic mass is 79.9. The van der Waals surface area contributed by atoms with Crippen LogP contribution >= 0.6 is 15.9 Å². The maximum atomic E-state index is 12.2. The van der Waals surface area contributed by atoms with E-state index in [2.05, 4.69) is 15.9 Å². The Morgan fingerprint density at radius 3 is 2.68 bits per heavy atom. The van der Waals surface area contributed by atoms with E-state index in [0.717, 1.165) is 37.9 Å². The van der Waals surface area contributed by atoms with Gasteiger partial charge in [0.05, 0.1) is 0 Å². The first-order valence-electron chi connectivity index (χ1n) is 6.07. The molecule has 0 saturated heterocycles. The molecule has 0 amide bonds. The van der Waals surface area contributed by atoms with Gasteiger partial charge in [-0.05, 0) is 18.2 Å². The first-order valence-corrected chi connectivity index (χ1v) is 6.87. The Balaban J connectivity index is 2.12. The normalized spacial score (nSPS) is 13.4. The molecule has 4 rings (SSSR count). The lowest BCUT2D eigenvalue weighted by Gasteiger charge is -2.13. The van der Waals surface area contributed by atoms with Gasteiger partial charge in [0.1, 0.15) is 11.3 Å². The number of hydrogen-bond acceptors (Lipinski definition) is 2. The predicted octanol–water partition coefficient (Wildman–Crippen LogP) is 4.60. The van der Waals surface area contributed by atoms with E-state index in [-0.39, 0.29) is 5.78 Å². The molecule has 2 aromatic carbocycles. The first-order chi connectivity index (χ1) is 9.24. The molecule has 1 heterocycles. The second-order valence-corrected chi connectivity index (χ2v) is 5.61. The molecule has 0 unspecified atom stereocenters. The summed E-state index contributed by atoms with van der Waals surface area (Å²) in [6.07, 6.45) is 0.412. The van der Waals surface area contributed by atoms with Crippen molar-refractivity contribution >= 4 is 32.7 Å². The Bertz CT molecular complexity index is 830. The molecule has 19 heavy (non-hydrogen) atoms. The van der Waals surface area contributed by atoms with Gasteiger partial charge in [0, 0.05) is 33.0 Å². The van der Waals surface area contributed by atoms with Crippen LogP contribution in [0.1, 0.15) is 15.9 Å². The van der Waals surface area contributed by atoms with E-state index in [1.165, 1.54) is 0 Å². The van der Waals surface area contributed by atoms with Crippen LogP contribution in [0.3, 0.4) is 0 Å². The quantitative estimate of drug-likeness (QED) is 0.607. The number of rotatable bonds is 0. The number of carbonyl (C=O) groups is 1. The lowest BCUT2D eigenvalue weighted by Crippen LogP contribution is -2.10. The zero-order valence-corrected chi connectivity index (χ0v) is 11.5. The van der Waals surface area contributed by atoms with Crippen LogP contribution in [0.15, 0.2) is 51.4 Å². The van der Waals surface area contributed by atoms with Gasteiger partial charge in [-0.2, -0.15) is 0 Å². The van der Waals surface area contributed by atoms with Crippen LogP contribution in [0.2, 0.25) is 0 Å². The number of fused-ring (bicyclic) bond motifs is 5. The molecule has 0 atom stereocenters. The van der Waals surface area contributed by atoms with Gasteiger partial charge in [-0.15, -0.1) is 0 Å². The first kappa shape index (κ1) is 11.0. The average Bonchev–Trinajstić information content (AvgIpc) is 2.78. The molecule has 0 fully saturated rings. The zero-order chi connectivity index (χ0) is 13.0. The second kappa shape index (κ2) is 3.81. The molecular weight excluding hydrogens is 304 g/mol. The van der Waals surface area contributed by atoms with Gasteiger partial charge in [-0.1, -0.05) is 40.2 Å². The van der Waals surface area contributed by atoms with E-state index in [1.807, 2.05) is 42.5 Å². The maximum Gasteiger partial charge on any atom is 0.168 e. The molecule has 3 heteroatoms. The van der Waals surface area contributed by atoms with Crippen molar-refractivity contribution in [2.75, 3.05) is 0 Å². The van der Waals surface area contributed by atoms with Gasteiger partial charge in [0.25, 0.3) is 0 Å². The summed E-state index contributed by atoms with van der Waals surface area (Å²) in [5.74, 6) is 0.995. The average molecular weight is 313 g/mol. The third-order valence-electron chi connectivity index (χ3n) is 3.56. The van der Waals surface area contributed by atoms with Crippen molar-refractivity contribution in [3.8, 4) is 11.3 Å². The lowest BCUT2D eigenvalue weighted by atomic mass is 9.88. The number of benzene rings is 2. The molecule has 2 nitrogen and oxygen atoms in total. The number of Topliss-reactive ketones (excluding diaryl/α,β-unsaturated/α-hetero) is 1. The van der Waals surface area contributed by atoms with Crippen molar-refractivity contribution in [2.24, 2.45) is 0 Å². The summed E-state index contributed by atoms with van der Waals surface area (Å²) in [4.78, 5) is 12.2. The van der Waals surface area contributed by atoms with Crippen LogP contribution in [0.5, 0.6) is 0 Å². The Morgan fingerprint density at radius 1 is 1.05 bits per heavy atom. The van der Waals surface area contributed by atoms with Gasteiger partial charge in [-0.3, -0.25) is 4.79 Å². The highest BCUT2D eigenvalue weighted by molar-refractivity contribution is 9.10. The van der Waals surface area contributed by atoms with Crippen molar-refractivity contribution in [2.45, 2.75) is 6.42 Å². The topological polar surface area (TPSA) is 30.2 Å². The highest BCUT2D eigenvalue weighted by Crippen LogP contribution is 2.40. The van der Waals surface area contributed by atoms with E-state index in [0.29, 0.717) is 6.42 Å². The smallest absolute Gasteiger partial charge is 0.168 e. The number of furan rings is 1. The van der Waals surface area contributed by atoms with Gasteiger partial charge < -0.3 is 4.42 Å². The molecule has 1 aliphatic carbocycles. The van der Waals surface area contributed by atoms with Crippen molar-refractivity contribution in [3.63, 3.8) is 0 Å². The van der Waals surface area contributed by atoms with Crippen molar-refractivity contribution in [1.82, 2.24) is 0 Å². The number of halogens is 1. The van der Waals surface area contributed by atoms with E-state index < -0.39 is 0 Å². The largest absolute Gasteiger partial charge is 0.456 e. The van der Waals surface area contributed by atoms with E-state index in [9.17, 15) is 4.79 Å². The Morgan fingerprint density at radius 2 is 1.84 bits per heavy atom. The number of ketones is 1. The SMILES string of the molecule is O=C1Cc2c(oc3ccc(Br)cc23)-c2ccccc21. The summed E-state index contributed by atoms with van der Waals surface area (Å²) in [7, 11) is 0. The Kier molecular flexibility index (Phi) is 2.21. The molecular formula is C16H9BrO2. The minimum atomic E-state index is 0.158. The van der Waals surface area contributed by atoms with Crippen LogP contribution in [-0.4, -0.2) is 5.78 Å². The minimum Gasteiger partial charge on any atom is -0.456 e. The monoisotopic (exact) mass is 312 g/mol. The van der Waals surface area contributed by atoms with Crippen LogP contribution in [0.25, 0.3) is 22.3 Å². The summed E-state index contributed by atoms with van der Waals surface area (Å²) >= 11 is 3.47. The van der Waals surface area contributed by atoms with Crippen molar-refractivity contribution in [3.05, 3.63) is 58.1 Å². The zero-order valence-electron chi connectivity index (χ0n) is 9.94. The van der Waals surface area contributed by atoms with Gasteiger partial charge in [0.2, 0.25) is 0 Å². The fourth-order valence-corrected chi connectivity index (χ4v) is 3.06. The summed E-state index contributed by atoms with van der Waals surface area (Å²) in [6, 6.07) is 13.5. The molecule has 0 spiro atoms. The molecule has 0 aliphatic heterocycles. The summed E-state index contributed by atoms with van der Waals surface area (Å²) < 4.78 is 6.94. The molecule has 1 aromatic heterocycles. The number of hydrogen-bond donors (Lipinski definition) is 0. The van der Waals surface area contributed by atoms with E-state index >= 15 is 0 Å². The van der Waals surface area contributed by atoms with Gasteiger partial charge >= 0.3 is 0 Å². The fraction of sp³-hybridized carbons (Fsp3) is 0.0625. The second-order valence-electron chi connectivity index (χ2n) is 4.70. The standard InChI is InChI=1S/C16H9BrO2/c17-9-5-6-15-12(7-9)13-8-14(18)10-3-1-2-4-11(10)16(13)19-15/h1-7H,8H2. The van der Waals surface area contributed by atoms with E-state index in [1.54, 1.807) is 0 Å². The van der Waals surface area contributed by atoms with Gasteiger partial charge in [0.15, 0.2) is 5.78 Å². The van der Waals surface area contributed by atoms with Crippen LogP contribution in [0.4, 0.5) is 0 Å². The Hall–Kier alpha value is -1.87. The van der Waals surface area contributed by atoms with Crippen molar-refractivity contribution < 1.29 is 9.21 Å². The summed E-state index contributed by atoms with van der Waals surface area (Å²) in [5.41, 5.74) is 3.49. The van der Waals surface area contributed by atoms with Crippen LogP contribution in [-0.2, 0) is 6.42 Å². The Labute approximate surface area is 118 Å². The van der Waals surface area contributed by atoms with Crippen LogP contribution < -0.4 is 0 Å². The molecule has 0 radical (unpaired) electrons. The molecule has 0 bridgehead atoms.